The molecule has 1 N–H and O–H groups in total. The number of anilines is 1. The molecule has 2 unspecified atom stereocenters. The molecule has 0 amide bonds. The lowest BCUT2D eigenvalue weighted by Crippen LogP contribution is -2.34. The van der Waals surface area contributed by atoms with E-state index >= 15 is 0 Å². The third-order valence-corrected chi connectivity index (χ3v) is 4.10. The fourth-order valence-electron chi connectivity index (χ4n) is 3.03. The average Bonchev–Trinajstić information content (AvgIpc) is 3.03. The van der Waals surface area contributed by atoms with Crippen molar-refractivity contribution in [1.82, 2.24) is 4.57 Å². The summed E-state index contributed by atoms with van der Waals surface area (Å²) in [5, 5.41) is 3.68. The summed E-state index contributed by atoms with van der Waals surface area (Å²) < 4.78 is 7.96. The first-order valence-electron chi connectivity index (χ1n) is 7.96. The Morgan fingerprint density at radius 2 is 2.10 bits per heavy atom. The van der Waals surface area contributed by atoms with Gasteiger partial charge in [-0.1, -0.05) is 19.4 Å². The first-order chi connectivity index (χ1) is 10.3. The molecule has 0 radical (unpaired) electrons. The molecule has 2 heterocycles. The summed E-state index contributed by atoms with van der Waals surface area (Å²) in [7, 11) is 0. The Morgan fingerprint density at radius 1 is 1.24 bits per heavy atom. The monoisotopic (exact) mass is 284 g/mol. The molecule has 3 nitrogen and oxygen atoms in total. The lowest BCUT2D eigenvalue weighted by atomic mass is 10.00. The summed E-state index contributed by atoms with van der Waals surface area (Å²) in [6.45, 7) is 3.10. The Hall–Kier alpha value is -1.74. The number of aromatic nitrogens is 1. The van der Waals surface area contributed by atoms with Crippen molar-refractivity contribution in [3.63, 3.8) is 0 Å². The Kier molecular flexibility index (Phi) is 4.61. The van der Waals surface area contributed by atoms with E-state index in [0.29, 0.717) is 12.1 Å². The van der Waals surface area contributed by atoms with E-state index in [2.05, 4.69) is 53.5 Å². The van der Waals surface area contributed by atoms with E-state index in [-0.39, 0.29) is 0 Å². The number of benzene rings is 1. The van der Waals surface area contributed by atoms with E-state index in [1.165, 1.54) is 24.2 Å². The van der Waals surface area contributed by atoms with Crippen LogP contribution >= 0.6 is 0 Å². The van der Waals surface area contributed by atoms with E-state index < -0.39 is 0 Å². The van der Waals surface area contributed by atoms with Gasteiger partial charge in [-0.15, -0.1) is 0 Å². The molecule has 1 fully saturated rings. The predicted octanol–water partition coefficient (Wildman–Crippen LogP) is 4.24. The molecule has 0 spiro atoms. The van der Waals surface area contributed by atoms with Crippen molar-refractivity contribution in [2.24, 2.45) is 0 Å². The number of hydrogen-bond acceptors (Lipinski definition) is 2. The maximum atomic E-state index is 5.82. The van der Waals surface area contributed by atoms with Crippen LogP contribution in [0.5, 0.6) is 0 Å². The molecule has 0 aliphatic carbocycles. The Morgan fingerprint density at radius 3 is 2.90 bits per heavy atom. The highest BCUT2D eigenvalue weighted by Crippen LogP contribution is 2.22. The molecule has 1 aliphatic heterocycles. The number of nitrogens with one attached hydrogen (secondary N) is 1. The maximum Gasteiger partial charge on any atom is 0.0594 e. The van der Waals surface area contributed by atoms with Crippen LogP contribution in [0.15, 0.2) is 48.8 Å². The fraction of sp³-hybridized carbons (Fsp3) is 0.444. The first kappa shape index (κ1) is 14.2. The van der Waals surface area contributed by atoms with E-state index in [9.17, 15) is 0 Å². The zero-order valence-electron chi connectivity index (χ0n) is 12.7. The fourth-order valence-corrected chi connectivity index (χ4v) is 3.03. The summed E-state index contributed by atoms with van der Waals surface area (Å²) in [6, 6.07) is 13.2. The molecule has 1 aromatic carbocycles. The summed E-state index contributed by atoms with van der Waals surface area (Å²) in [5.74, 6) is 0. The second-order valence-corrected chi connectivity index (χ2v) is 5.79. The smallest absolute Gasteiger partial charge is 0.0594 e. The Labute approximate surface area is 126 Å². The topological polar surface area (TPSA) is 26.2 Å². The van der Waals surface area contributed by atoms with Crippen LogP contribution < -0.4 is 5.32 Å². The molecular weight excluding hydrogens is 260 g/mol. The van der Waals surface area contributed by atoms with Crippen LogP contribution in [0, 0.1) is 0 Å². The van der Waals surface area contributed by atoms with E-state index in [4.69, 9.17) is 4.74 Å². The van der Waals surface area contributed by atoms with Crippen LogP contribution in [-0.4, -0.2) is 23.3 Å². The van der Waals surface area contributed by atoms with Gasteiger partial charge in [-0.25, -0.2) is 0 Å². The van der Waals surface area contributed by atoms with Gasteiger partial charge in [0.15, 0.2) is 0 Å². The molecule has 1 aromatic heterocycles. The van der Waals surface area contributed by atoms with Gasteiger partial charge in [0.1, 0.15) is 0 Å². The molecule has 1 aliphatic rings. The molecule has 0 saturated carbocycles. The van der Waals surface area contributed by atoms with Crippen molar-refractivity contribution in [1.29, 1.82) is 0 Å². The van der Waals surface area contributed by atoms with Gasteiger partial charge in [0.2, 0.25) is 0 Å². The molecule has 2 atom stereocenters. The molecule has 3 rings (SSSR count). The standard InChI is InChI=1S/C18H24N2O/c1-2-6-18-14-16(9-12-21-18)19-15-7-5-8-17(13-15)20-10-3-4-11-20/h3-5,7-8,10-11,13,16,18-19H,2,6,9,12,14H2,1H3. The highest BCUT2D eigenvalue weighted by molar-refractivity contribution is 5.51. The van der Waals surface area contributed by atoms with Gasteiger partial charge in [-0.3, -0.25) is 0 Å². The Balaban J connectivity index is 1.66. The van der Waals surface area contributed by atoms with Crippen LogP contribution in [0.25, 0.3) is 5.69 Å². The molecule has 2 aromatic rings. The van der Waals surface area contributed by atoms with E-state index in [0.717, 1.165) is 19.4 Å². The predicted molar refractivity (Wildman–Crippen MR) is 87.1 cm³/mol. The first-order valence-corrected chi connectivity index (χ1v) is 7.96. The molecule has 3 heteroatoms. The largest absolute Gasteiger partial charge is 0.382 e. The maximum absolute atomic E-state index is 5.82. The number of ether oxygens (including phenoxy) is 1. The minimum absolute atomic E-state index is 0.425. The van der Waals surface area contributed by atoms with Crippen molar-refractivity contribution in [2.45, 2.75) is 44.8 Å². The van der Waals surface area contributed by atoms with Gasteiger partial charge in [0.25, 0.3) is 0 Å². The van der Waals surface area contributed by atoms with Gasteiger partial charge >= 0.3 is 0 Å². The minimum Gasteiger partial charge on any atom is -0.382 e. The Bertz CT molecular complexity index is 548. The van der Waals surface area contributed by atoms with Crippen molar-refractivity contribution in [2.75, 3.05) is 11.9 Å². The summed E-state index contributed by atoms with van der Waals surface area (Å²) in [5.41, 5.74) is 2.39. The normalized spacial score (nSPS) is 22.1. The molecule has 1 saturated heterocycles. The molecular formula is C18H24N2O. The molecule has 112 valence electrons. The van der Waals surface area contributed by atoms with Gasteiger partial charge in [0, 0.05) is 36.4 Å². The van der Waals surface area contributed by atoms with Crippen LogP contribution in [0.3, 0.4) is 0 Å². The van der Waals surface area contributed by atoms with Crippen molar-refractivity contribution >= 4 is 5.69 Å². The number of hydrogen-bond donors (Lipinski definition) is 1. The molecule has 21 heavy (non-hydrogen) atoms. The minimum atomic E-state index is 0.425. The van der Waals surface area contributed by atoms with Gasteiger partial charge in [-0.2, -0.15) is 0 Å². The van der Waals surface area contributed by atoms with E-state index in [1.54, 1.807) is 0 Å². The second kappa shape index (κ2) is 6.81. The zero-order chi connectivity index (χ0) is 14.5. The van der Waals surface area contributed by atoms with Crippen molar-refractivity contribution in [3.8, 4) is 5.69 Å². The quantitative estimate of drug-likeness (QED) is 0.889. The van der Waals surface area contributed by atoms with E-state index in [1.807, 2.05) is 12.1 Å². The third-order valence-electron chi connectivity index (χ3n) is 4.10. The summed E-state index contributed by atoms with van der Waals surface area (Å²) in [4.78, 5) is 0. The van der Waals surface area contributed by atoms with Gasteiger partial charge in [0.05, 0.1) is 6.10 Å². The van der Waals surface area contributed by atoms with Gasteiger partial charge < -0.3 is 14.6 Å². The third kappa shape index (κ3) is 3.67. The summed E-state index contributed by atoms with van der Waals surface area (Å²) >= 11 is 0. The number of nitrogens with zero attached hydrogens (tertiary/aromatic N) is 1. The highest BCUT2D eigenvalue weighted by atomic mass is 16.5. The number of rotatable bonds is 5. The van der Waals surface area contributed by atoms with Gasteiger partial charge in [-0.05, 0) is 49.6 Å². The average molecular weight is 284 g/mol. The van der Waals surface area contributed by atoms with Crippen LogP contribution in [0.2, 0.25) is 0 Å². The SMILES string of the molecule is CCCC1CC(Nc2cccc(-n3cccc3)c2)CCO1. The second-order valence-electron chi connectivity index (χ2n) is 5.79. The lowest BCUT2D eigenvalue weighted by molar-refractivity contribution is 0.00598. The van der Waals surface area contributed by atoms with Crippen LogP contribution in [0.4, 0.5) is 5.69 Å². The summed E-state index contributed by atoms with van der Waals surface area (Å²) in [6.07, 6.45) is 9.14. The zero-order valence-corrected chi connectivity index (χ0v) is 12.7. The van der Waals surface area contributed by atoms with Crippen molar-refractivity contribution < 1.29 is 4.74 Å². The van der Waals surface area contributed by atoms with Crippen LogP contribution in [-0.2, 0) is 4.74 Å². The lowest BCUT2D eigenvalue weighted by Gasteiger charge is -2.30. The highest BCUT2D eigenvalue weighted by Gasteiger charge is 2.21. The van der Waals surface area contributed by atoms with Crippen molar-refractivity contribution in [3.05, 3.63) is 48.8 Å². The van der Waals surface area contributed by atoms with Crippen LogP contribution in [0.1, 0.15) is 32.6 Å². The molecule has 0 bridgehead atoms.